The number of anilines is 1. The predicted molar refractivity (Wildman–Crippen MR) is 175 cm³/mol. The van der Waals surface area contributed by atoms with E-state index >= 15 is 0 Å². The number of aryl methyl sites for hydroxylation is 2. The molecule has 0 aliphatic heterocycles. The van der Waals surface area contributed by atoms with Gasteiger partial charge in [-0.05, 0) is 90.0 Å². The molecular weight excluding hydrogens is 521 g/mol. The minimum Gasteiger partial charge on any atom is -0.384 e. The Balaban J connectivity index is 1.29. The second kappa shape index (κ2) is 11.3. The Morgan fingerprint density at radius 2 is 1.18 bits per heavy atom. The Labute approximate surface area is 243 Å². The molecule has 5 aromatic carbocycles. The maximum Gasteiger partial charge on any atom is 0.0384 e. The molecule has 40 heavy (non-hydrogen) atoms. The summed E-state index contributed by atoms with van der Waals surface area (Å²) in [5, 5.41) is 8.30. The van der Waals surface area contributed by atoms with Crippen molar-refractivity contribution in [3.05, 3.63) is 150 Å². The second-order valence-corrected chi connectivity index (χ2v) is 14.2. The van der Waals surface area contributed by atoms with Crippen molar-refractivity contribution in [2.24, 2.45) is 0 Å². The fraction of sp³-hybridized carbons (Fsp3) is 0.189. The van der Waals surface area contributed by atoms with Crippen LogP contribution >= 0.6 is 19.7 Å². The van der Waals surface area contributed by atoms with Crippen LogP contribution in [0.4, 0.5) is 5.69 Å². The molecule has 1 atom stereocenters. The van der Waals surface area contributed by atoms with Crippen molar-refractivity contribution in [3.63, 3.8) is 0 Å². The smallest absolute Gasteiger partial charge is 0.0384 e. The van der Waals surface area contributed by atoms with Crippen LogP contribution in [0.1, 0.15) is 35.1 Å². The van der Waals surface area contributed by atoms with Crippen LogP contribution in [0.15, 0.2) is 132 Å². The molecule has 5 aromatic rings. The van der Waals surface area contributed by atoms with Crippen LogP contribution in [0.5, 0.6) is 0 Å². The van der Waals surface area contributed by atoms with Crippen LogP contribution in [-0.2, 0) is 18.3 Å². The van der Waals surface area contributed by atoms with Gasteiger partial charge in [0.2, 0.25) is 0 Å². The molecule has 0 unspecified atom stereocenters. The van der Waals surface area contributed by atoms with E-state index in [1.807, 2.05) is 11.8 Å². The van der Waals surface area contributed by atoms with Crippen LogP contribution in [-0.4, -0.2) is 12.3 Å². The van der Waals surface area contributed by atoms with Gasteiger partial charge in [-0.25, -0.2) is 0 Å². The third-order valence-electron chi connectivity index (χ3n) is 8.58. The fourth-order valence-corrected chi connectivity index (χ4v) is 10.4. The average Bonchev–Trinajstić information content (AvgIpc) is 3.59. The Morgan fingerprint density at radius 1 is 0.600 bits per heavy atom. The highest BCUT2D eigenvalue weighted by Crippen LogP contribution is 2.56. The molecule has 0 radical (unpaired) electrons. The molecule has 198 valence electrons. The minimum absolute atomic E-state index is 0.0849. The van der Waals surface area contributed by atoms with Gasteiger partial charge < -0.3 is 5.32 Å². The molecule has 0 aromatic heterocycles. The fourth-order valence-electron chi connectivity index (χ4n) is 6.95. The van der Waals surface area contributed by atoms with E-state index in [2.05, 4.69) is 133 Å². The first-order chi connectivity index (χ1) is 19.8. The number of thioether (sulfide) groups is 1. The molecule has 1 nitrogen and oxygen atoms in total. The number of nitrogens with one attached hydrogen (secondary N) is 1. The first-order valence-electron chi connectivity index (χ1n) is 14.4. The summed E-state index contributed by atoms with van der Waals surface area (Å²) in [6, 6.07) is 47.3. The molecule has 0 fully saturated rings. The summed E-state index contributed by atoms with van der Waals surface area (Å²) < 4.78 is 0. The van der Waals surface area contributed by atoms with E-state index < -0.39 is 7.92 Å². The maximum absolute atomic E-state index is 3.89. The molecule has 0 amide bonds. The van der Waals surface area contributed by atoms with Gasteiger partial charge in [0, 0.05) is 28.3 Å². The monoisotopic (exact) mass is 555 g/mol. The van der Waals surface area contributed by atoms with E-state index in [4.69, 9.17) is 0 Å². The molecule has 0 heterocycles. The van der Waals surface area contributed by atoms with Gasteiger partial charge in [0.05, 0.1) is 0 Å². The Morgan fingerprint density at radius 3 is 1.82 bits per heavy atom. The molecule has 2 aliphatic rings. The van der Waals surface area contributed by atoms with Crippen molar-refractivity contribution < 1.29 is 0 Å². The van der Waals surface area contributed by atoms with Crippen LogP contribution in [0.2, 0.25) is 0 Å². The molecule has 7 rings (SSSR count). The highest BCUT2D eigenvalue weighted by Gasteiger charge is 2.48. The van der Waals surface area contributed by atoms with E-state index in [1.54, 1.807) is 22.0 Å². The second-order valence-electron chi connectivity index (χ2n) is 10.8. The molecular formula is C37H34NPS. The quantitative estimate of drug-likeness (QED) is 0.119. The molecule has 1 spiro atoms. The Hall–Kier alpha value is -3.32. The number of fused-ring (bicyclic) bond motifs is 4. The summed E-state index contributed by atoms with van der Waals surface area (Å²) in [7, 11) is -0.653. The molecule has 3 heteroatoms. The highest BCUT2D eigenvalue weighted by molar-refractivity contribution is 7.99. The zero-order valence-corrected chi connectivity index (χ0v) is 24.4. The van der Waals surface area contributed by atoms with Gasteiger partial charge in [0.1, 0.15) is 0 Å². The lowest BCUT2D eigenvalue weighted by molar-refractivity contribution is 0.510. The third kappa shape index (κ3) is 4.68. The van der Waals surface area contributed by atoms with Crippen LogP contribution in [0, 0.1) is 0 Å². The van der Waals surface area contributed by atoms with E-state index in [-0.39, 0.29) is 5.41 Å². The van der Waals surface area contributed by atoms with Crippen molar-refractivity contribution in [2.45, 2.75) is 36.0 Å². The van der Waals surface area contributed by atoms with Crippen molar-refractivity contribution in [1.29, 1.82) is 0 Å². The normalized spacial score (nSPS) is 17.2. The van der Waals surface area contributed by atoms with Gasteiger partial charge in [-0.1, -0.05) is 109 Å². The van der Waals surface area contributed by atoms with Gasteiger partial charge >= 0.3 is 0 Å². The van der Waals surface area contributed by atoms with E-state index in [0.717, 1.165) is 25.1 Å². The van der Waals surface area contributed by atoms with E-state index in [0.29, 0.717) is 0 Å². The average molecular weight is 556 g/mol. The van der Waals surface area contributed by atoms with E-state index in [1.165, 1.54) is 39.6 Å². The number of benzene rings is 5. The SMILES string of the molecule is c1ccc(SCCNc2cccc3c2[C@]2(CC3)CCc3cccc(P(c4ccccc4)c4ccccc4)c32)cc1. The largest absolute Gasteiger partial charge is 0.384 e. The lowest BCUT2D eigenvalue weighted by Gasteiger charge is -2.33. The van der Waals surface area contributed by atoms with Gasteiger partial charge in [0.25, 0.3) is 0 Å². The number of rotatable bonds is 8. The van der Waals surface area contributed by atoms with Crippen LogP contribution < -0.4 is 21.2 Å². The Kier molecular flexibility index (Phi) is 7.23. The Bertz CT molecular complexity index is 1560. The van der Waals surface area contributed by atoms with Crippen molar-refractivity contribution in [3.8, 4) is 0 Å². The highest BCUT2D eigenvalue weighted by atomic mass is 32.2. The van der Waals surface area contributed by atoms with Crippen molar-refractivity contribution in [2.75, 3.05) is 17.6 Å². The van der Waals surface area contributed by atoms with Gasteiger partial charge in [-0.3, -0.25) is 0 Å². The molecule has 1 N–H and O–H groups in total. The summed E-state index contributed by atoms with van der Waals surface area (Å²) in [6.07, 6.45) is 4.73. The van der Waals surface area contributed by atoms with Crippen LogP contribution in [0.3, 0.4) is 0 Å². The zero-order chi connectivity index (χ0) is 26.8. The van der Waals surface area contributed by atoms with E-state index in [9.17, 15) is 0 Å². The first kappa shape index (κ1) is 25.6. The summed E-state index contributed by atoms with van der Waals surface area (Å²) in [6.45, 7) is 0.960. The third-order valence-corrected chi connectivity index (χ3v) is 12.1. The minimum atomic E-state index is -0.653. The van der Waals surface area contributed by atoms with Crippen molar-refractivity contribution in [1.82, 2.24) is 0 Å². The molecule has 0 bridgehead atoms. The summed E-state index contributed by atoms with van der Waals surface area (Å²) in [4.78, 5) is 1.34. The van der Waals surface area contributed by atoms with Gasteiger partial charge in [-0.15, -0.1) is 11.8 Å². The summed E-state index contributed by atoms with van der Waals surface area (Å²) in [5.41, 5.74) is 7.71. The van der Waals surface area contributed by atoms with Gasteiger partial charge in [0.15, 0.2) is 0 Å². The molecule has 0 saturated carbocycles. The summed E-state index contributed by atoms with van der Waals surface area (Å²) in [5.74, 6) is 1.05. The van der Waals surface area contributed by atoms with Crippen molar-refractivity contribution >= 4 is 41.3 Å². The lowest BCUT2D eigenvalue weighted by Crippen LogP contribution is -2.32. The van der Waals surface area contributed by atoms with Crippen LogP contribution in [0.25, 0.3) is 0 Å². The predicted octanol–water partition coefficient (Wildman–Crippen LogP) is 7.83. The molecule has 0 saturated heterocycles. The number of hydrogen-bond acceptors (Lipinski definition) is 2. The molecule has 2 aliphatic carbocycles. The standard InChI is InChI=1S/C37H34NPS/c1-4-14-30(15-5-1)39(31-16-6-2-7-17-31)34-21-11-13-29-23-25-37(36(29)34)24-22-28-12-10-20-33(35(28)37)38-26-27-40-32-18-8-3-9-19-32/h1-21,38H,22-27H2/t37-/m0/s1. The maximum atomic E-state index is 3.89. The lowest BCUT2D eigenvalue weighted by atomic mass is 9.76. The first-order valence-corrected chi connectivity index (χ1v) is 16.7. The van der Waals surface area contributed by atoms with Gasteiger partial charge in [-0.2, -0.15) is 0 Å². The summed E-state index contributed by atoms with van der Waals surface area (Å²) >= 11 is 1.93. The topological polar surface area (TPSA) is 12.0 Å². The zero-order valence-electron chi connectivity index (χ0n) is 22.7. The number of hydrogen-bond donors (Lipinski definition) is 1.